The van der Waals surface area contributed by atoms with Crippen LogP contribution < -0.4 is 5.32 Å². The fourth-order valence-corrected chi connectivity index (χ4v) is 2.36. The van der Waals surface area contributed by atoms with Crippen molar-refractivity contribution in [2.24, 2.45) is 0 Å². The van der Waals surface area contributed by atoms with Gasteiger partial charge in [-0.2, -0.15) is 0 Å². The van der Waals surface area contributed by atoms with Gasteiger partial charge in [0, 0.05) is 17.6 Å². The van der Waals surface area contributed by atoms with Crippen LogP contribution in [0.1, 0.15) is 57.1 Å². The summed E-state index contributed by atoms with van der Waals surface area (Å²) in [6.07, 6.45) is 6.38. The van der Waals surface area contributed by atoms with Crippen LogP contribution in [0.5, 0.6) is 0 Å². The van der Waals surface area contributed by atoms with Gasteiger partial charge < -0.3 is 5.32 Å². The molecule has 102 valence electrons. The zero-order chi connectivity index (χ0) is 13.4. The van der Waals surface area contributed by atoms with Crippen molar-refractivity contribution in [3.05, 3.63) is 34.3 Å². The van der Waals surface area contributed by atoms with Gasteiger partial charge in [0.1, 0.15) is 0 Å². The Kier molecular flexibility index (Phi) is 7.38. The molecule has 0 aromatic heterocycles. The quantitative estimate of drug-likeness (QED) is 0.691. The predicted molar refractivity (Wildman–Crippen MR) is 81.2 cm³/mol. The van der Waals surface area contributed by atoms with Crippen LogP contribution in [-0.2, 0) is 6.54 Å². The van der Waals surface area contributed by atoms with Gasteiger partial charge in [0.25, 0.3) is 0 Å². The molecule has 0 saturated carbocycles. The first-order valence-electron chi connectivity index (χ1n) is 7.15. The number of unbranched alkanes of at least 4 members (excludes halogenated alkanes) is 1. The van der Waals surface area contributed by atoms with E-state index in [4.69, 9.17) is 11.6 Å². The van der Waals surface area contributed by atoms with Crippen molar-refractivity contribution >= 4 is 11.6 Å². The van der Waals surface area contributed by atoms with Crippen molar-refractivity contribution < 1.29 is 0 Å². The van der Waals surface area contributed by atoms with E-state index in [0.29, 0.717) is 6.04 Å². The highest BCUT2D eigenvalue weighted by Crippen LogP contribution is 2.17. The average Bonchev–Trinajstić information content (AvgIpc) is 2.37. The summed E-state index contributed by atoms with van der Waals surface area (Å²) in [5.74, 6) is 0. The molecule has 1 aromatic carbocycles. The largest absolute Gasteiger partial charge is 0.310 e. The molecule has 1 rings (SSSR count). The van der Waals surface area contributed by atoms with E-state index >= 15 is 0 Å². The molecule has 0 bridgehead atoms. The van der Waals surface area contributed by atoms with Gasteiger partial charge in [-0.15, -0.1) is 0 Å². The summed E-state index contributed by atoms with van der Waals surface area (Å²) >= 11 is 6.15. The number of hydrogen-bond acceptors (Lipinski definition) is 1. The summed E-state index contributed by atoms with van der Waals surface area (Å²) in [7, 11) is 0. The molecule has 0 amide bonds. The van der Waals surface area contributed by atoms with Crippen molar-refractivity contribution in [1.82, 2.24) is 5.32 Å². The van der Waals surface area contributed by atoms with E-state index in [-0.39, 0.29) is 0 Å². The predicted octanol–water partition coefficient (Wildman–Crippen LogP) is 5.10. The zero-order valence-electron chi connectivity index (χ0n) is 11.9. The van der Waals surface area contributed by atoms with Gasteiger partial charge >= 0.3 is 0 Å². The number of hydrogen-bond donors (Lipinski definition) is 1. The van der Waals surface area contributed by atoms with Crippen molar-refractivity contribution in [3.8, 4) is 0 Å². The Morgan fingerprint density at radius 2 is 1.94 bits per heavy atom. The monoisotopic (exact) mass is 267 g/mol. The minimum Gasteiger partial charge on any atom is -0.310 e. The third-order valence-corrected chi connectivity index (χ3v) is 3.78. The van der Waals surface area contributed by atoms with Crippen molar-refractivity contribution in [2.75, 3.05) is 0 Å². The molecule has 0 aliphatic rings. The molecule has 0 saturated heterocycles. The summed E-state index contributed by atoms with van der Waals surface area (Å²) < 4.78 is 0. The van der Waals surface area contributed by atoms with Gasteiger partial charge in [-0.25, -0.2) is 0 Å². The van der Waals surface area contributed by atoms with Crippen LogP contribution in [0.25, 0.3) is 0 Å². The van der Waals surface area contributed by atoms with Crippen LogP contribution in [0.2, 0.25) is 5.02 Å². The summed E-state index contributed by atoms with van der Waals surface area (Å²) in [6.45, 7) is 7.47. The Labute approximate surface area is 117 Å². The first-order valence-corrected chi connectivity index (χ1v) is 7.53. The highest BCUT2D eigenvalue weighted by Gasteiger charge is 2.06. The Bertz CT molecular complexity index is 349. The third kappa shape index (κ3) is 5.41. The second-order valence-corrected chi connectivity index (χ2v) is 5.50. The van der Waals surface area contributed by atoms with Crippen molar-refractivity contribution in [2.45, 2.75) is 65.5 Å². The molecule has 0 radical (unpaired) electrons. The maximum Gasteiger partial charge on any atom is 0.0438 e. The molecule has 0 heterocycles. The van der Waals surface area contributed by atoms with Crippen molar-refractivity contribution in [3.63, 3.8) is 0 Å². The lowest BCUT2D eigenvalue weighted by atomic mass is 10.0. The Morgan fingerprint density at radius 3 is 2.56 bits per heavy atom. The summed E-state index contributed by atoms with van der Waals surface area (Å²) in [4.78, 5) is 0. The number of rotatable bonds is 8. The fourth-order valence-electron chi connectivity index (χ4n) is 2.16. The lowest BCUT2D eigenvalue weighted by molar-refractivity contribution is 0.434. The molecular formula is C16H26ClN. The second kappa shape index (κ2) is 8.55. The average molecular weight is 268 g/mol. The first-order chi connectivity index (χ1) is 8.67. The molecule has 1 N–H and O–H groups in total. The van der Waals surface area contributed by atoms with E-state index in [9.17, 15) is 0 Å². The maximum absolute atomic E-state index is 6.15. The molecule has 1 aromatic rings. The fraction of sp³-hybridized carbons (Fsp3) is 0.625. The molecule has 0 aliphatic heterocycles. The van der Waals surface area contributed by atoms with Crippen LogP contribution in [0.15, 0.2) is 18.2 Å². The minimum absolute atomic E-state index is 0.648. The van der Waals surface area contributed by atoms with E-state index in [2.05, 4.69) is 37.4 Å². The molecular weight excluding hydrogens is 242 g/mol. The van der Waals surface area contributed by atoms with Crippen LogP contribution in [-0.4, -0.2) is 6.04 Å². The topological polar surface area (TPSA) is 12.0 Å². The minimum atomic E-state index is 0.648. The Morgan fingerprint density at radius 1 is 1.17 bits per heavy atom. The van der Waals surface area contributed by atoms with Gasteiger partial charge in [-0.1, -0.05) is 56.8 Å². The van der Waals surface area contributed by atoms with Crippen LogP contribution in [0.4, 0.5) is 0 Å². The van der Waals surface area contributed by atoms with E-state index in [1.165, 1.54) is 37.7 Å². The van der Waals surface area contributed by atoms with Crippen LogP contribution in [0, 0.1) is 6.92 Å². The number of aryl methyl sites for hydroxylation is 1. The molecule has 0 fully saturated rings. The van der Waals surface area contributed by atoms with E-state index in [0.717, 1.165) is 17.1 Å². The van der Waals surface area contributed by atoms with Gasteiger partial charge in [-0.05, 0) is 37.0 Å². The molecule has 1 unspecified atom stereocenters. The first kappa shape index (κ1) is 15.5. The van der Waals surface area contributed by atoms with Gasteiger partial charge in [0.05, 0.1) is 0 Å². The number of benzene rings is 1. The van der Waals surface area contributed by atoms with E-state index in [1.54, 1.807) is 0 Å². The van der Waals surface area contributed by atoms with Crippen LogP contribution in [0.3, 0.4) is 0 Å². The standard InChI is InChI=1S/C16H26ClN/c1-4-6-8-15(7-5-2)18-12-14-10-9-13(3)16(17)11-14/h9-11,15,18H,4-8,12H2,1-3H3. The summed E-state index contributed by atoms with van der Waals surface area (Å²) in [6, 6.07) is 6.99. The molecule has 1 atom stereocenters. The van der Waals surface area contributed by atoms with E-state index < -0.39 is 0 Å². The molecule has 0 spiro atoms. The highest BCUT2D eigenvalue weighted by molar-refractivity contribution is 6.31. The Hall–Kier alpha value is -0.530. The zero-order valence-corrected chi connectivity index (χ0v) is 12.7. The highest BCUT2D eigenvalue weighted by atomic mass is 35.5. The summed E-state index contributed by atoms with van der Waals surface area (Å²) in [5.41, 5.74) is 2.43. The smallest absolute Gasteiger partial charge is 0.0438 e. The van der Waals surface area contributed by atoms with Crippen LogP contribution >= 0.6 is 11.6 Å². The second-order valence-electron chi connectivity index (χ2n) is 5.09. The molecule has 0 aliphatic carbocycles. The number of nitrogens with one attached hydrogen (secondary N) is 1. The summed E-state index contributed by atoms with van der Waals surface area (Å²) in [5, 5.41) is 4.53. The maximum atomic E-state index is 6.15. The number of halogens is 1. The molecule has 1 nitrogen and oxygen atoms in total. The van der Waals surface area contributed by atoms with Gasteiger partial charge in [-0.3, -0.25) is 0 Å². The molecule has 2 heteroatoms. The van der Waals surface area contributed by atoms with Crippen molar-refractivity contribution in [1.29, 1.82) is 0 Å². The Balaban J connectivity index is 2.47. The SMILES string of the molecule is CCCCC(CCC)NCc1ccc(C)c(Cl)c1. The normalized spacial score (nSPS) is 12.7. The molecule has 18 heavy (non-hydrogen) atoms. The lowest BCUT2D eigenvalue weighted by Crippen LogP contribution is -2.28. The van der Waals surface area contributed by atoms with Gasteiger partial charge in [0.2, 0.25) is 0 Å². The third-order valence-electron chi connectivity index (χ3n) is 3.37. The van der Waals surface area contributed by atoms with E-state index in [1.807, 2.05) is 6.92 Å². The lowest BCUT2D eigenvalue weighted by Gasteiger charge is -2.18. The van der Waals surface area contributed by atoms with Gasteiger partial charge in [0.15, 0.2) is 0 Å².